The number of ether oxygens (including phenoxy) is 1. The standard InChI is InChI=1S/C19H21F4N5O3/c1-3-9-30-13-6-4-5-11(20)14(13)12-8-7-10-15(24)27(2)18(25)28(16(10)26-12)31-17(29)19(21,22)23/h4-8,15,18H,3,9,24-25H2,1-2H3. The maximum Gasteiger partial charge on any atom is 0.493 e. The van der Waals surface area contributed by atoms with Crippen LogP contribution in [-0.4, -0.2) is 42.0 Å². The predicted octanol–water partition coefficient (Wildman–Crippen LogP) is 2.65. The van der Waals surface area contributed by atoms with Crippen LogP contribution >= 0.6 is 0 Å². The summed E-state index contributed by atoms with van der Waals surface area (Å²) in [6.45, 7) is 2.19. The van der Waals surface area contributed by atoms with Crippen LogP contribution in [0.25, 0.3) is 11.3 Å². The van der Waals surface area contributed by atoms with E-state index in [9.17, 15) is 22.4 Å². The molecule has 1 aromatic heterocycles. The van der Waals surface area contributed by atoms with Gasteiger partial charge in [0.15, 0.2) is 12.1 Å². The van der Waals surface area contributed by atoms with Crippen molar-refractivity contribution in [1.82, 2.24) is 9.88 Å². The number of fused-ring (bicyclic) bond motifs is 1. The Hall–Kier alpha value is -2.96. The molecule has 0 amide bonds. The van der Waals surface area contributed by atoms with Crippen LogP contribution < -0.4 is 21.3 Å². The number of aromatic nitrogens is 1. The zero-order chi connectivity index (χ0) is 22.9. The third kappa shape index (κ3) is 4.40. The fraction of sp³-hybridized carbons (Fsp3) is 0.368. The number of pyridine rings is 1. The van der Waals surface area contributed by atoms with Gasteiger partial charge in [-0.05, 0) is 31.7 Å². The number of benzene rings is 1. The van der Waals surface area contributed by atoms with Gasteiger partial charge in [-0.25, -0.2) is 14.2 Å². The molecule has 2 unspecified atom stereocenters. The van der Waals surface area contributed by atoms with E-state index in [4.69, 9.17) is 16.2 Å². The molecule has 0 aliphatic carbocycles. The summed E-state index contributed by atoms with van der Waals surface area (Å²) in [5, 5.41) is 0.505. The van der Waals surface area contributed by atoms with Gasteiger partial charge in [0.1, 0.15) is 11.6 Å². The Balaban J connectivity index is 2.11. The lowest BCUT2D eigenvalue weighted by Crippen LogP contribution is -2.60. The maximum atomic E-state index is 14.6. The molecule has 0 saturated carbocycles. The van der Waals surface area contributed by atoms with Crippen LogP contribution in [0.4, 0.5) is 23.4 Å². The van der Waals surface area contributed by atoms with Gasteiger partial charge in [-0.15, -0.1) is 0 Å². The second-order valence-electron chi connectivity index (χ2n) is 6.80. The van der Waals surface area contributed by atoms with Gasteiger partial charge >= 0.3 is 12.1 Å². The molecule has 31 heavy (non-hydrogen) atoms. The highest BCUT2D eigenvalue weighted by atomic mass is 19.4. The lowest BCUT2D eigenvalue weighted by Gasteiger charge is -2.42. The summed E-state index contributed by atoms with van der Waals surface area (Å²) in [4.78, 5) is 21.5. The Morgan fingerprint density at radius 2 is 1.94 bits per heavy atom. The molecule has 0 spiro atoms. The molecule has 0 saturated heterocycles. The smallest absolute Gasteiger partial charge is 0.493 e. The van der Waals surface area contributed by atoms with Gasteiger partial charge in [-0.1, -0.05) is 19.1 Å². The highest BCUT2D eigenvalue weighted by molar-refractivity contribution is 5.77. The Kier molecular flexibility index (Phi) is 6.34. The summed E-state index contributed by atoms with van der Waals surface area (Å²) in [7, 11) is 1.44. The van der Waals surface area contributed by atoms with Crippen molar-refractivity contribution in [2.75, 3.05) is 18.7 Å². The van der Waals surface area contributed by atoms with Gasteiger partial charge in [0.05, 0.1) is 24.0 Å². The number of hydroxylamine groups is 1. The van der Waals surface area contributed by atoms with Gasteiger partial charge in [0, 0.05) is 5.56 Å². The third-order valence-electron chi connectivity index (χ3n) is 4.63. The molecule has 3 rings (SSSR count). The predicted molar refractivity (Wildman–Crippen MR) is 103 cm³/mol. The van der Waals surface area contributed by atoms with Crippen molar-refractivity contribution in [3.05, 3.63) is 41.7 Å². The highest BCUT2D eigenvalue weighted by Gasteiger charge is 2.46. The van der Waals surface area contributed by atoms with Gasteiger partial charge < -0.3 is 15.3 Å². The average molecular weight is 443 g/mol. The molecule has 2 atom stereocenters. The van der Waals surface area contributed by atoms with E-state index in [2.05, 4.69) is 9.82 Å². The van der Waals surface area contributed by atoms with E-state index in [1.54, 1.807) is 6.07 Å². The van der Waals surface area contributed by atoms with Crippen molar-refractivity contribution in [1.29, 1.82) is 0 Å². The molecule has 0 radical (unpaired) electrons. The van der Waals surface area contributed by atoms with Crippen molar-refractivity contribution in [2.24, 2.45) is 11.5 Å². The zero-order valence-electron chi connectivity index (χ0n) is 16.7. The summed E-state index contributed by atoms with van der Waals surface area (Å²) in [5.41, 5.74) is 12.3. The van der Waals surface area contributed by atoms with Gasteiger partial charge in [0.2, 0.25) is 0 Å². The van der Waals surface area contributed by atoms with Crippen LogP contribution in [0.1, 0.15) is 25.1 Å². The number of alkyl halides is 3. The zero-order valence-corrected chi connectivity index (χ0v) is 16.7. The summed E-state index contributed by atoms with van der Waals surface area (Å²) in [5.74, 6) is -3.17. The van der Waals surface area contributed by atoms with Gasteiger partial charge in [-0.3, -0.25) is 10.6 Å². The Bertz CT molecular complexity index is 972. The molecular formula is C19H21F4N5O3. The van der Waals surface area contributed by atoms with E-state index in [0.717, 1.165) is 0 Å². The van der Waals surface area contributed by atoms with Crippen LogP contribution in [0.5, 0.6) is 5.75 Å². The molecule has 4 N–H and O–H groups in total. The van der Waals surface area contributed by atoms with E-state index in [1.807, 2.05) is 6.92 Å². The molecule has 1 aliphatic rings. The first-order valence-electron chi connectivity index (χ1n) is 9.30. The number of nitrogens with two attached hydrogens (primary N) is 2. The van der Waals surface area contributed by atoms with Crippen molar-refractivity contribution >= 4 is 11.8 Å². The van der Waals surface area contributed by atoms with Crippen molar-refractivity contribution in [2.45, 2.75) is 32.0 Å². The topological polar surface area (TPSA) is 107 Å². The fourth-order valence-electron chi connectivity index (χ4n) is 3.00. The van der Waals surface area contributed by atoms with Gasteiger partial charge in [0.25, 0.3) is 0 Å². The number of anilines is 1. The van der Waals surface area contributed by atoms with Crippen LogP contribution in [0.15, 0.2) is 30.3 Å². The van der Waals surface area contributed by atoms with E-state index >= 15 is 0 Å². The number of rotatable bonds is 5. The minimum atomic E-state index is -5.26. The Morgan fingerprint density at radius 1 is 1.23 bits per heavy atom. The molecule has 168 valence electrons. The molecule has 0 bridgehead atoms. The number of hydrogen-bond acceptors (Lipinski definition) is 8. The number of carbonyl (C=O) groups is 1. The monoisotopic (exact) mass is 443 g/mol. The van der Waals surface area contributed by atoms with E-state index in [-0.39, 0.29) is 28.4 Å². The van der Waals surface area contributed by atoms with E-state index in [0.29, 0.717) is 18.1 Å². The van der Waals surface area contributed by atoms with E-state index < -0.39 is 30.4 Å². The molecule has 2 heterocycles. The minimum Gasteiger partial charge on any atom is -0.493 e. The molecule has 1 aromatic carbocycles. The first-order valence-corrected chi connectivity index (χ1v) is 9.30. The normalized spacial score (nSPS) is 19.2. The largest absolute Gasteiger partial charge is 0.493 e. The highest BCUT2D eigenvalue weighted by Crippen LogP contribution is 2.38. The van der Waals surface area contributed by atoms with Gasteiger partial charge in [-0.2, -0.15) is 18.2 Å². The van der Waals surface area contributed by atoms with E-state index in [1.165, 1.54) is 36.2 Å². The molecule has 0 fully saturated rings. The maximum absolute atomic E-state index is 14.6. The van der Waals surface area contributed by atoms with Crippen LogP contribution in [0.2, 0.25) is 0 Å². The quantitative estimate of drug-likeness (QED) is 0.680. The summed E-state index contributed by atoms with van der Waals surface area (Å²) in [6.07, 6.45) is -6.82. The second-order valence-corrected chi connectivity index (χ2v) is 6.80. The van der Waals surface area contributed by atoms with Crippen LogP contribution in [0, 0.1) is 5.82 Å². The number of hydrogen-bond donors (Lipinski definition) is 2. The lowest BCUT2D eigenvalue weighted by molar-refractivity contribution is -0.204. The Labute approximate surface area is 175 Å². The molecule has 1 aliphatic heterocycles. The summed E-state index contributed by atoms with van der Waals surface area (Å²) in [6, 6.07) is 7.10. The van der Waals surface area contributed by atoms with Crippen molar-refractivity contribution < 1.29 is 31.9 Å². The third-order valence-corrected chi connectivity index (χ3v) is 4.63. The number of halogens is 4. The molecule has 12 heteroatoms. The number of nitrogens with zero attached hydrogens (tertiary/aromatic N) is 3. The fourth-order valence-corrected chi connectivity index (χ4v) is 3.00. The van der Waals surface area contributed by atoms with Crippen LogP contribution in [0.3, 0.4) is 0 Å². The van der Waals surface area contributed by atoms with Crippen molar-refractivity contribution in [3.8, 4) is 17.0 Å². The molecule has 8 nitrogen and oxygen atoms in total. The van der Waals surface area contributed by atoms with Crippen LogP contribution in [-0.2, 0) is 9.63 Å². The second kappa shape index (κ2) is 8.65. The Morgan fingerprint density at radius 3 is 2.58 bits per heavy atom. The lowest BCUT2D eigenvalue weighted by atomic mass is 10.1. The first-order chi connectivity index (χ1) is 14.6. The minimum absolute atomic E-state index is 0.00178. The average Bonchev–Trinajstić information content (AvgIpc) is 2.72. The molecule has 2 aromatic rings. The summed E-state index contributed by atoms with van der Waals surface area (Å²) < 4.78 is 58.6. The molecular weight excluding hydrogens is 422 g/mol. The number of carbonyl (C=O) groups excluding carboxylic acids is 1. The SMILES string of the molecule is CCCOc1cccc(F)c1-c1ccc2c(n1)N(OC(=O)C(F)(F)F)C(N)N(C)C2N. The summed E-state index contributed by atoms with van der Waals surface area (Å²) >= 11 is 0. The first kappa shape index (κ1) is 22.7. The van der Waals surface area contributed by atoms with Crippen molar-refractivity contribution in [3.63, 3.8) is 0 Å².